The molecule has 2 unspecified atom stereocenters. The second-order valence-corrected chi connectivity index (χ2v) is 9.19. The summed E-state index contributed by atoms with van der Waals surface area (Å²) in [5, 5.41) is 0. The fraction of sp³-hybridized carbons (Fsp3) is 0.429. The number of sulfonamides is 1. The number of rotatable bonds is 4. The van der Waals surface area contributed by atoms with Crippen molar-refractivity contribution in [1.82, 2.24) is 4.31 Å². The predicted molar refractivity (Wildman–Crippen MR) is 104 cm³/mol. The molecule has 0 bridgehead atoms. The fourth-order valence-corrected chi connectivity index (χ4v) is 5.60. The lowest BCUT2D eigenvalue weighted by molar-refractivity contribution is -0.0288. The molecule has 0 amide bonds. The van der Waals surface area contributed by atoms with E-state index < -0.39 is 10.0 Å². The molecule has 2 aromatic rings. The van der Waals surface area contributed by atoms with E-state index in [4.69, 9.17) is 9.47 Å². The van der Waals surface area contributed by atoms with E-state index in [9.17, 15) is 8.42 Å². The van der Waals surface area contributed by atoms with E-state index >= 15 is 0 Å². The minimum Gasteiger partial charge on any atom is -0.497 e. The van der Waals surface area contributed by atoms with Crippen molar-refractivity contribution in [3.8, 4) is 5.75 Å². The van der Waals surface area contributed by atoms with Crippen LogP contribution in [0.25, 0.3) is 0 Å². The molecule has 5 nitrogen and oxygen atoms in total. The smallest absolute Gasteiger partial charge is 0.243 e. The monoisotopic (exact) mass is 387 g/mol. The Morgan fingerprint density at radius 2 is 1.81 bits per heavy atom. The molecule has 0 saturated carbocycles. The first-order chi connectivity index (χ1) is 13.0. The number of methoxy groups -OCH3 is 1. The minimum atomic E-state index is -3.56. The molecule has 4 rings (SSSR count). The molecule has 1 saturated heterocycles. The van der Waals surface area contributed by atoms with Crippen molar-refractivity contribution in [1.29, 1.82) is 0 Å². The van der Waals surface area contributed by atoms with E-state index in [1.165, 1.54) is 11.1 Å². The molecule has 6 heteroatoms. The molecule has 1 aliphatic heterocycles. The zero-order chi connectivity index (χ0) is 19.0. The molecule has 0 radical (unpaired) electrons. The van der Waals surface area contributed by atoms with Crippen LogP contribution in [0.2, 0.25) is 0 Å². The average molecular weight is 388 g/mol. The summed E-state index contributed by atoms with van der Waals surface area (Å²) in [6, 6.07) is 13.0. The van der Waals surface area contributed by atoms with Gasteiger partial charge < -0.3 is 9.47 Å². The van der Waals surface area contributed by atoms with Gasteiger partial charge in [-0.2, -0.15) is 4.31 Å². The Morgan fingerprint density at radius 3 is 2.56 bits per heavy atom. The van der Waals surface area contributed by atoms with Crippen LogP contribution in [0, 0.1) is 0 Å². The van der Waals surface area contributed by atoms with Gasteiger partial charge in [0.1, 0.15) is 5.75 Å². The van der Waals surface area contributed by atoms with Crippen LogP contribution < -0.4 is 4.74 Å². The van der Waals surface area contributed by atoms with E-state index in [-0.39, 0.29) is 12.1 Å². The molecule has 0 spiro atoms. The lowest BCUT2D eigenvalue weighted by atomic mass is 10.1. The van der Waals surface area contributed by atoms with E-state index in [1.807, 2.05) is 43.3 Å². The summed E-state index contributed by atoms with van der Waals surface area (Å²) in [5.41, 5.74) is 3.40. The van der Waals surface area contributed by atoms with Gasteiger partial charge in [-0.25, -0.2) is 8.42 Å². The van der Waals surface area contributed by atoms with Gasteiger partial charge in [-0.15, -0.1) is 0 Å². The number of hydrogen-bond acceptors (Lipinski definition) is 4. The van der Waals surface area contributed by atoms with Crippen molar-refractivity contribution in [3.05, 3.63) is 59.2 Å². The maximum absolute atomic E-state index is 13.3. The molecule has 1 aliphatic carbocycles. The lowest BCUT2D eigenvalue weighted by Crippen LogP contribution is -2.48. The third-order valence-electron chi connectivity index (χ3n) is 5.54. The molecule has 2 aromatic carbocycles. The highest BCUT2D eigenvalue weighted by Crippen LogP contribution is 2.32. The van der Waals surface area contributed by atoms with Gasteiger partial charge in [-0.05, 0) is 67.1 Å². The third-order valence-corrected chi connectivity index (χ3v) is 7.52. The summed E-state index contributed by atoms with van der Waals surface area (Å²) >= 11 is 0. The average Bonchev–Trinajstić information content (AvgIpc) is 3.16. The summed E-state index contributed by atoms with van der Waals surface area (Å²) in [5.74, 6) is 0.769. The second kappa shape index (κ2) is 7.26. The zero-order valence-electron chi connectivity index (χ0n) is 15.7. The molecule has 1 heterocycles. The van der Waals surface area contributed by atoms with Crippen LogP contribution >= 0.6 is 0 Å². The van der Waals surface area contributed by atoms with Crippen LogP contribution in [0.4, 0.5) is 0 Å². The summed E-state index contributed by atoms with van der Waals surface area (Å²) in [4.78, 5) is 0.394. The van der Waals surface area contributed by atoms with Crippen molar-refractivity contribution in [2.45, 2.75) is 43.2 Å². The first-order valence-corrected chi connectivity index (χ1v) is 10.8. The Bertz CT molecular complexity index is 924. The van der Waals surface area contributed by atoms with Crippen LogP contribution in [0.5, 0.6) is 5.75 Å². The fourth-order valence-electron chi connectivity index (χ4n) is 3.93. The third kappa shape index (κ3) is 3.49. The number of benzene rings is 2. The molecular weight excluding hydrogens is 362 g/mol. The highest BCUT2D eigenvalue weighted by Gasteiger charge is 2.36. The lowest BCUT2D eigenvalue weighted by Gasteiger charge is -2.37. The molecule has 1 fully saturated rings. The van der Waals surface area contributed by atoms with Gasteiger partial charge in [-0.1, -0.05) is 18.2 Å². The van der Waals surface area contributed by atoms with E-state index in [0.29, 0.717) is 18.0 Å². The van der Waals surface area contributed by atoms with Crippen molar-refractivity contribution >= 4 is 10.0 Å². The van der Waals surface area contributed by atoms with Gasteiger partial charge in [0, 0.05) is 12.6 Å². The van der Waals surface area contributed by atoms with Gasteiger partial charge >= 0.3 is 0 Å². The van der Waals surface area contributed by atoms with Crippen LogP contribution in [-0.2, 0) is 27.6 Å². The van der Waals surface area contributed by atoms with Crippen LogP contribution in [-0.4, -0.2) is 39.0 Å². The summed E-state index contributed by atoms with van der Waals surface area (Å²) < 4.78 is 39.4. The Kier molecular flexibility index (Phi) is 4.97. The Labute approximate surface area is 161 Å². The standard InChI is InChI=1S/C21H25NO4S/c1-15-14-26-21(17-6-9-19(25-2)10-7-17)13-22(15)27(23,24)20-11-8-16-4-3-5-18(16)12-20/h6-12,15,21H,3-5,13-14H2,1-2H3. The highest BCUT2D eigenvalue weighted by atomic mass is 32.2. The zero-order valence-corrected chi connectivity index (χ0v) is 16.5. The maximum atomic E-state index is 13.3. The number of hydrogen-bond donors (Lipinski definition) is 0. The second-order valence-electron chi connectivity index (χ2n) is 7.30. The largest absolute Gasteiger partial charge is 0.497 e. The summed E-state index contributed by atoms with van der Waals surface area (Å²) in [6.07, 6.45) is 2.83. The SMILES string of the molecule is COc1ccc(C2CN(S(=O)(=O)c3ccc4c(c3)CCC4)C(C)CO2)cc1. The van der Waals surface area contributed by atoms with Gasteiger partial charge in [0.25, 0.3) is 0 Å². The first-order valence-electron chi connectivity index (χ1n) is 9.38. The van der Waals surface area contributed by atoms with E-state index in [0.717, 1.165) is 30.6 Å². The molecule has 0 N–H and O–H groups in total. The van der Waals surface area contributed by atoms with Crippen molar-refractivity contribution in [3.63, 3.8) is 0 Å². The Balaban J connectivity index is 1.60. The van der Waals surface area contributed by atoms with Gasteiger partial charge in [0.2, 0.25) is 10.0 Å². The molecule has 0 aromatic heterocycles. The number of ether oxygens (including phenoxy) is 2. The molecule has 2 aliphatic rings. The van der Waals surface area contributed by atoms with Crippen molar-refractivity contribution < 1.29 is 17.9 Å². The quantitative estimate of drug-likeness (QED) is 0.807. The normalized spacial score (nSPS) is 23.2. The molecule has 27 heavy (non-hydrogen) atoms. The molecule has 2 atom stereocenters. The first kappa shape index (κ1) is 18.5. The predicted octanol–water partition coefficient (Wildman–Crippen LogP) is 3.33. The van der Waals surface area contributed by atoms with Crippen LogP contribution in [0.3, 0.4) is 0 Å². The van der Waals surface area contributed by atoms with E-state index in [1.54, 1.807) is 17.5 Å². The minimum absolute atomic E-state index is 0.197. The Hall–Kier alpha value is -1.89. The molecular formula is C21H25NO4S. The van der Waals surface area contributed by atoms with Crippen LogP contribution in [0.1, 0.15) is 36.1 Å². The number of fused-ring (bicyclic) bond motifs is 1. The van der Waals surface area contributed by atoms with Gasteiger partial charge in [0.15, 0.2) is 0 Å². The number of morpholine rings is 1. The van der Waals surface area contributed by atoms with Crippen molar-refractivity contribution in [2.75, 3.05) is 20.3 Å². The summed E-state index contributed by atoms with van der Waals surface area (Å²) in [6.45, 7) is 2.59. The summed E-state index contributed by atoms with van der Waals surface area (Å²) in [7, 11) is -1.93. The topological polar surface area (TPSA) is 55.8 Å². The number of nitrogens with zero attached hydrogens (tertiary/aromatic N) is 1. The van der Waals surface area contributed by atoms with Crippen LogP contribution in [0.15, 0.2) is 47.4 Å². The van der Waals surface area contributed by atoms with Gasteiger partial charge in [-0.3, -0.25) is 0 Å². The van der Waals surface area contributed by atoms with Crippen molar-refractivity contribution in [2.24, 2.45) is 0 Å². The molecule has 144 valence electrons. The maximum Gasteiger partial charge on any atom is 0.243 e. The number of aryl methyl sites for hydroxylation is 2. The van der Waals surface area contributed by atoms with Gasteiger partial charge in [0.05, 0.1) is 24.7 Å². The van der Waals surface area contributed by atoms with E-state index in [2.05, 4.69) is 0 Å². The highest BCUT2D eigenvalue weighted by molar-refractivity contribution is 7.89. The Morgan fingerprint density at radius 1 is 1.07 bits per heavy atom.